The number of nitrogens with zero attached hydrogens (tertiary/aromatic N) is 2. The zero-order chi connectivity index (χ0) is 13.7. The molecule has 0 spiro atoms. The van der Waals surface area contributed by atoms with Crippen molar-refractivity contribution in [3.05, 3.63) is 29.8 Å². The molecule has 3 nitrogen and oxygen atoms in total. The van der Waals surface area contributed by atoms with Gasteiger partial charge in [0.2, 0.25) is 5.13 Å². The summed E-state index contributed by atoms with van der Waals surface area (Å²) in [6, 6.07) is 8.27. The molecule has 0 aliphatic heterocycles. The second-order valence-electron chi connectivity index (χ2n) is 4.63. The number of nitrogens with one attached hydrogen (secondary N) is 1. The third kappa shape index (κ3) is 5.04. The van der Waals surface area contributed by atoms with Crippen molar-refractivity contribution >= 4 is 43.7 Å². The van der Waals surface area contributed by atoms with E-state index in [0.717, 1.165) is 20.9 Å². The monoisotopic (exact) mass is 311 g/mol. The third-order valence-corrected chi connectivity index (χ3v) is 6.07. The average molecular weight is 312 g/mol. The molecule has 0 unspecified atom stereocenters. The molecule has 0 aliphatic carbocycles. The summed E-state index contributed by atoms with van der Waals surface area (Å²) in [6.07, 6.45) is 0. The van der Waals surface area contributed by atoms with Gasteiger partial charge in [-0.2, -0.15) is 0 Å². The zero-order valence-corrected chi connectivity index (χ0v) is 13.7. The van der Waals surface area contributed by atoms with Gasteiger partial charge in [0.15, 0.2) is 4.34 Å². The Morgan fingerprint density at radius 2 is 1.95 bits per heavy atom. The summed E-state index contributed by atoms with van der Waals surface area (Å²) in [4.78, 5) is 0. The van der Waals surface area contributed by atoms with Crippen LogP contribution in [0.1, 0.15) is 19.4 Å². The smallest absolute Gasteiger partial charge is 0.210 e. The Kier molecular flexibility index (Phi) is 5.54. The van der Waals surface area contributed by atoms with Crippen molar-refractivity contribution in [2.24, 2.45) is 5.92 Å². The fourth-order valence-corrected chi connectivity index (χ4v) is 4.82. The van der Waals surface area contributed by atoms with Gasteiger partial charge in [-0.25, -0.2) is 0 Å². The second-order valence-corrected chi connectivity index (χ2v) is 8.19. The number of anilines is 2. The van der Waals surface area contributed by atoms with Crippen LogP contribution >= 0.6 is 32.9 Å². The van der Waals surface area contributed by atoms with Crippen LogP contribution in [0.3, 0.4) is 0 Å². The summed E-state index contributed by atoms with van der Waals surface area (Å²) in [5.74, 6) is 1.83. The number of benzene rings is 1. The van der Waals surface area contributed by atoms with Crippen LogP contribution in [0.4, 0.5) is 10.8 Å². The van der Waals surface area contributed by atoms with Gasteiger partial charge in [0.1, 0.15) is 0 Å². The van der Waals surface area contributed by atoms with Gasteiger partial charge >= 0.3 is 0 Å². The minimum absolute atomic E-state index is 0.704. The van der Waals surface area contributed by atoms with Crippen molar-refractivity contribution in [1.29, 1.82) is 0 Å². The van der Waals surface area contributed by atoms with Crippen molar-refractivity contribution in [3.8, 4) is 0 Å². The highest BCUT2D eigenvalue weighted by Gasteiger charge is 2.06. The topological polar surface area (TPSA) is 37.8 Å². The fourth-order valence-electron chi connectivity index (χ4n) is 1.27. The number of hydrogen-bond donors (Lipinski definition) is 1. The molecule has 1 heterocycles. The average Bonchev–Trinajstić information content (AvgIpc) is 2.79. The first kappa shape index (κ1) is 14.7. The Hall–Kier alpha value is -0.720. The predicted molar refractivity (Wildman–Crippen MR) is 87.5 cm³/mol. The van der Waals surface area contributed by atoms with Gasteiger partial charge in [0.05, 0.1) is 0 Å². The van der Waals surface area contributed by atoms with Crippen LogP contribution in [0.5, 0.6) is 0 Å². The van der Waals surface area contributed by atoms with Crippen LogP contribution in [0.15, 0.2) is 28.6 Å². The molecule has 0 amide bonds. The van der Waals surface area contributed by atoms with Crippen LogP contribution in [-0.2, 0) is 0 Å². The van der Waals surface area contributed by atoms with E-state index in [9.17, 15) is 0 Å². The van der Waals surface area contributed by atoms with E-state index in [1.54, 1.807) is 22.1 Å². The summed E-state index contributed by atoms with van der Waals surface area (Å²) in [5, 5.41) is 12.4. The molecule has 0 atom stereocenters. The van der Waals surface area contributed by atoms with Gasteiger partial charge in [0.25, 0.3) is 0 Å². The molecule has 1 aromatic carbocycles. The van der Waals surface area contributed by atoms with Crippen molar-refractivity contribution in [2.45, 2.75) is 25.1 Å². The molecule has 19 heavy (non-hydrogen) atoms. The van der Waals surface area contributed by atoms with Crippen molar-refractivity contribution in [1.82, 2.24) is 10.2 Å². The lowest BCUT2D eigenvalue weighted by Crippen LogP contribution is -1.88. The molecule has 1 aromatic heterocycles. The maximum atomic E-state index is 4.17. The quantitative estimate of drug-likeness (QED) is 0.761. The summed E-state index contributed by atoms with van der Waals surface area (Å²) in [6.45, 7) is 6.52. The number of hydrogen-bond acceptors (Lipinski definition) is 6. The Morgan fingerprint density at radius 3 is 2.63 bits per heavy atom. The van der Waals surface area contributed by atoms with Crippen molar-refractivity contribution in [2.75, 3.05) is 11.1 Å². The summed E-state index contributed by atoms with van der Waals surface area (Å²) in [7, 11) is 3.54. The molecule has 6 heteroatoms. The summed E-state index contributed by atoms with van der Waals surface area (Å²) >= 11 is 1.59. The zero-order valence-electron chi connectivity index (χ0n) is 11.2. The molecule has 0 aliphatic rings. The van der Waals surface area contributed by atoms with Crippen LogP contribution in [0, 0.1) is 12.8 Å². The van der Waals surface area contributed by atoms with E-state index in [1.165, 1.54) is 5.56 Å². The molecule has 2 rings (SSSR count). The molecule has 2 aromatic rings. The first-order valence-electron chi connectivity index (χ1n) is 6.10. The van der Waals surface area contributed by atoms with Gasteiger partial charge in [-0.15, -0.1) is 10.2 Å². The van der Waals surface area contributed by atoms with E-state index in [2.05, 4.69) is 60.6 Å². The van der Waals surface area contributed by atoms with Gasteiger partial charge < -0.3 is 5.32 Å². The lowest BCUT2D eigenvalue weighted by Gasteiger charge is -2.01. The van der Waals surface area contributed by atoms with E-state index in [4.69, 9.17) is 0 Å². The SMILES string of the molecule is Cc1ccc(Nc2nnc(SSCC(C)C)s2)cc1. The van der Waals surface area contributed by atoms with Crippen LogP contribution in [0.2, 0.25) is 0 Å². The summed E-state index contributed by atoms with van der Waals surface area (Å²) < 4.78 is 1.00. The highest BCUT2D eigenvalue weighted by Crippen LogP contribution is 2.36. The van der Waals surface area contributed by atoms with Crippen LogP contribution < -0.4 is 5.32 Å². The Balaban J connectivity index is 1.88. The molecule has 0 bridgehead atoms. The van der Waals surface area contributed by atoms with Crippen molar-refractivity contribution in [3.63, 3.8) is 0 Å². The van der Waals surface area contributed by atoms with E-state index in [0.29, 0.717) is 5.92 Å². The molecule has 0 radical (unpaired) electrons. The second kappa shape index (κ2) is 7.17. The van der Waals surface area contributed by atoms with Gasteiger partial charge in [0, 0.05) is 11.4 Å². The minimum Gasteiger partial charge on any atom is -0.330 e. The van der Waals surface area contributed by atoms with E-state index < -0.39 is 0 Å². The number of rotatable bonds is 6. The Morgan fingerprint density at radius 1 is 1.21 bits per heavy atom. The molecule has 0 fully saturated rings. The first-order chi connectivity index (χ1) is 9.13. The van der Waals surface area contributed by atoms with Crippen LogP contribution in [0.25, 0.3) is 0 Å². The molecular weight excluding hydrogens is 294 g/mol. The standard InChI is InChI=1S/C13H17N3S3/c1-9(2)8-17-19-13-16-15-12(18-13)14-11-6-4-10(3)5-7-11/h4-7,9H,8H2,1-3H3,(H,14,15). The Labute approximate surface area is 126 Å². The van der Waals surface area contributed by atoms with E-state index in [-0.39, 0.29) is 0 Å². The van der Waals surface area contributed by atoms with E-state index >= 15 is 0 Å². The lowest BCUT2D eigenvalue weighted by atomic mass is 10.2. The third-order valence-electron chi connectivity index (χ3n) is 2.24. The lowest BCUT2D eigenvalue weighted by molar-refractivity contribution is 0.752. The highest BCUT2D eigenvalue weighted by molar-refractivity contribution is 8.77. The molecule has 0 saturated carbocycles. The van der Waals surface area contributed by atoms with E-state index in [1.807, 2.05) is 10.8 Å². The highest BCUT2D eigenvalue weighted by atomic mass is 33.1. The first-order valence-corrected chi connectivity index (χ1v) is 9.23. The molecule has 1 N–H and O–H groups in total. The minimum atomic E-state index is 0.704. The van der Waals surface area contributed by atoms with Gasteiger partial charge in [-0.05, 0) is 35.8 Å². The normalized spacial score (nSPS) is 10.9. The maximum Gasteiger partial charge on any atom is 0.210 e. The predicted octanol–water partition coefficient (Wildman–Crippen LogP) is 4.99. The molecule has 0 saturated heterocycles. The summed E-state index contributed by atoms with van der Waals surface area (Å²) in [5.41, 5.74) is 2.30. The number of aromatic nitrogens is 2. The van der Waals surface area contributed by atoms with Crippen LogP contribution in [-0.4, -0.2) is 16.0 Å². The fraction of sp³-hybridized carbons (Fsp3) is 0.385. The van der Waals surface area contributed by atoms with Crippen molar-refractivity contribution < 1.29 is 0 Å². The molecular formula is C13H17N3S3. The maximum absolute atomic E-state index is 4.17. The Bertz CT molecular complexity index is 508. The largest absolute Gasteiger partial charge is 0.330 e. The van der Waals surface area contributed by atoms with Gasteiger partial charge in [-0.1, -0.05) is 53.7 Å². The number of aryl methyl sites for hydroxylation is 1. The molecule has 102 valence electrons. The van der Waals surface area contributed by atoms with Gasteiger partial charge in [-0.3, -0.25) is 0 Å².